The van der Waals surface area contributed by atoms with E-state index in [2.05, 4.69) is 43.9 Å². The highest BCUT2D eigenvalue weighted by Crippen LogP contribution is 2.30. The molecular formula is C24H32ClN3O2S. The molecule has 0 atom stereocenters. The molecule has 0 N–H and O–H groups in total. The van der Waals surface area contributed by atoms with Gasteiger partial charge in [0.15, 0.2) is 5.13 Å². The number of carbonyl (C=O) groups is 1. The summed E-state index contributed by atoms with van der Waals surface area (Å²) < 4.78 is 6.88. The first-order valence-electron chi connectivity index (χ1n) is 10.7. The molecule has 3 rings (SSSR count). The maximum atomic E-state index is 13.1. The van der Waals surface area contributed by atoms with Crippen LogP contribution in [0.2, 0.25) is 0 Å². The van der Waals surface area contributed by atoms with E-state index < -0.39 is 0 Å². The number of carbonyl (C=O) groups excluding carboxylic acids is 1. The lowest BCUT2D eigenvalue weighted by Gasteiger charge is -2.24. The molecule has 0 aliphatic carbocycles. The van der Waals surface area contributed by atoms with Crippen molar-refractivity contribution in [1.82, 2.24) is 9.88 Å². The predicted octanol–water partition coefficient (Wildman–Crippen LogP) is 5.42. The SMILES string of the molecule is CCc1ccc2nc(N(CCN(CC)CC)C(=O)CCOc3ccccc3)sc2c1.Cl. The first kappa shape index (κ1) is 25.1. The molecule has 0 spiro atoms. The molecule has 0 saturated carbocycles. The van der Waals surface area contributed by atoms with Crippen LogP contribution in [0.1, 0.15) is 32.8 Å². The highest BCUT2D eigenvalue weighted by atomic mass is 35.5. The number of fused-ring (bicyclic) bond motifs is 1. The van der Waals surface area contributed by atoms with Gasteiger partial charge in [-0.1, -0.05) is 56.4 Å². The number of benzene rings is 2. The first-order valence-corrected chi connectivity index (χ1v) is 11.6. The van der Waals surface area contributed by atoms with E-state index >= 15 is 0 Å². The van der Waals surface area contributed by atoms with E-state index in [4.69, 9.17) is 9.72 Å². The zero-order valence-electron chi connectivity index (χ0n) is 18.5. The molecule has 31 heavy (non-hydrogen) atoms. The number of anilines is 1. The largest absolute Gasteiger partial charge is 0.493 e. The van der Waals surface area contributed by atoms with Crippen LogP contribution in [0.3, 0.4) is 0 Å². The van der Waals surface area contributed by atoms with Crippen LogP contribution >= 0.6 is 23.7 Å². The van der Waals surface area contributed by atoms with Crippen LogP contribution in [0.25, 0.3) is 10.2 Å². The molecule has 7 heteroatoms. The number of aryl methyl sites for hydroxylation is 1. The minimum absolute atomic E-state index is 0. The fourth-order valence-corrected chi connectivity index (χ4v) is 4.38. The summed E-state index contributed by atoms with van der Waals surface area (Å²) in [5.74, 6) is 0.833. The molecule has 0 bridgehead atoms. The summed E-state index contributed by atoms with van der Waals surface area (Å²) in [5, 5.41) is 0.773. The summed E-state index contributed by atoms with van der Waals surface area (Å²) in [6.45, 7) is 10.2. The van der Waals surface area contributed by atoms with Gasteiger partial charge >= 0.3 is 0 Å². The van der Waals surface area contributed by atoms with Crippen molar-refractivity contribution >= 4 is 45.0 Å². The van der Waals surface area contributed by atoms with Crippen LogP contribution < -0.4 is 9.64 Å². The molecule has 2 aromatic carbocycles. The van der Waals surface area contributed by atoms with Crippen molar-refractivity contribution in [2.75, 3.05) is 37.7 Å². The van der Waals surface area contributed by atoms with Crippen LogP contribution in [0, 0.1) is 0 Å². The number of thiazole rings is 1. The molecule has 0 saturated heterocycles. The number of hydrogen-bond donors (Lipinski definition) is 0. The molecular weight excluding hydrogens is 430 g/mol. The molecule has 0 radical (unpaired) electrons. The van der Waals surface area contributed by atoms with Crippen LogP contribution in [0.5, 0.6) is 5.75 Å². The summed E-state index contributed by atoms with van der Waals surface area (Å²) >= 11 is 1.59. The maximum Gasteiger partial charge on any atom is 0.232 e. The summed E-state index contributed by atoms with van der Waals surface area (Å²) in [6, 6.07) is 16.0. The molecule has 1 amide bonds. The van der Waals surface area contributed by atoms with Crippen LogP contribution in [0.4, 0.5) is 5.13 Å². The zero-order valence-corrected chi connectivity index (χ0v) is 20.2. The topological polar surface area (TPSA) is 45.7 Å². The Morgan fingerprint density at radius 1 is 1.03 bits per heavy atom. The summed E-state index contributed by atoms with van der Waals surface area (Å²) in [7, 11) is 0. The van der Waals surface area contributed by atoms with E-state index in [1.807, 2.05) is 35.2 Å². The Kier molecular flexibility index (Phi) is 10.2. The summed E-state index contributed by atoms with van der Waals surface area (Å²) in [5.41, 5.74) is 2.24. The first-order chi connectivity index (χ1) is 14.6. The fourth-order valence-electron chi connectivity index (χ4n) is 3.31. The van der Waals surface area contributed by atoms with Gasteiger partial charge in [-0.25, -0.2) is 4.98 Å². The van der Waals surface area contributed by atoms with Gasteiger partial charge < -0.3 is 9.64 Å². The maximum absolute atomic E-state index is 13.1. The molecule has 1 aromatic heterocycles. The summed E-state index contributed by atoms with van der Waals surface area (Å²) in [6.07, 6.45) is 1.31. The highest BCUT2D eigenvalue weighted by molar-refractivity contribution is 7.22. The predicted molar refractivity (Wildman–Crippen MR) is 133 cm³/mol. The van der Waals surface area contributed by atoms with E-state index in [-0.39, 0.29) is 18.3 Å². The van der Waals surface area contributed by atoms with E-state index in [0.717, 1.165) is 47.2 Å². The van der Waals surface area contributed by atoms with E-state index in [9.17, 15) is 4.79 Å². The third-order valence-electron chi connectivity index (χ3n) is 5.24. The number of ether oxygens (including phenoxy) is 1. The monoisotopic (exact) mass is 461 g/mol. The van der Waals surface area contributed by atoms with Gasteiger partial charge in [0.2, 0.25) is 5.91 Å². The van der Waals surface area contributed by atoms with Gasteiger partial charge in [0.05, 0.1) is 23.2 Å². The molecule has 0 unspecified atom stereocenters. The second kappa shape index (κ2) is 12.6. The number of para-hydroxylation sites is 1. The van der Waals surface area contributed by atoms with Crippen LogP contribution in [-0.2, 0) is 11.2 Å². The molecule has 0 fully saturated rings. The zero-order chi connectivity index (χ0) is 21.3. The van der Waals surface area contributed by atoms with Crippen molar-refractivity contribution in [3.63, 3.8) is 0 Å². The molecule has 0 aliphatic rings. The highest BCUT2D eigenvalue weighted by Gasteiger charge is 2.20. The Morgan fingerprint density at radius 3 is 2.45 bits per heavy atom. The lowest BCUT2D eigenvalue weighted by atomic mass is 10.2. The fraction of sp³-hybridized carbons (Fsp3) is 0.417. The second-order valence-electron chi connectivity index (χ2n) is 7.14. The minimum Gasteiger partial charge on any atom is -0.493 e. The standard InChI is InChI=1S/C24H31N3O2S.ClH/c1-4-19-12-13-21-22(18-19)30-24(25-21)27(16-15-26(5-2)6-3)23(28)14-17-29-20-10-8-7-9-11-20;/h7-13,18H,4-6,14-17H2,1-3H3;1H. The van der Waals surface area contributed by atoms with Gasteiger partial charge in [-0.15, -0.1) is 12.4 Å². The average molecular weight is 462 g/mol. The van der Waals surface area contributed by atoms with Gasteiger partial charge in [0, 0.05) is 13.1 Å². The van der Waals surface area contributed by atoms with Crippen molar-refractivity contribution in [3.8, 4) is 5.75 Å². The van der Waals surface area contributed by atoms with Gasteiger partial charge in [-0.05, 0) is 49.3 Å². The van der Waals surface area contributed by atoms with Crippen molar-refractivity contribution in [2.45, 2.75) is 33.6 Å². The van der Waals surface area contributed by atoms with Gasteiger partial charge in [0.25, 0.3) is 0 Å². The number of rotatable bonds is 11. The number of hydrogen-bond acceptors (Lipinski definition) is 5. The lowest BCUT2D eigenvalue weighted by Crippen LogP contribution is -2.39. The Bertz CT molecular complexity index is 944. The van der Waals surface area contributed by atoms with Gasteiger partial charge in [0.1, 0.15) is 5.75 Å². The minimum atomic E-state index is 0. The van der Waals surface area contributed by atoms with Crippen LogP contribution in [-0.4, -0.2) is 48.6 Å². The number of aromatic nitrogens is 1. The van der Waals surface area contributed by atoms with Crippen LogP contribution in [0.15, 0.2) is 48.5 Å². The number of halogens is 1. The third kappa shape index (κ3) is 6.92. The Morgan fingerprint density at radius 2 is 1.77 bits per heavy atom. The second-order valence-corrected chi connectivity index (χ2v) is 8.14. The normalized spacial score (nSPS) is 10.8. The van der Waals surface area contributed by atoms with Gasteiger partial charge in [-0.3, -0.25) is 9.69 Å². The number of likely N-dealkylation sites (N-methyl/N-ethyl adjacent to an activating group) is 1. The van der Waals surface area contributed by atoms with E-state index in [1.165, 1.54) is 5.56 Å². The molecule has 0 aliphatic heterocycles. The third-order valence-corrected chi connectivity index (χ3v) is 6.29. The lowest BCUT2D eigenvalue weighted by molar-refractivity contribution is -0.119. The van der Waals surface area contributed by atoms with E-state index in [1.54, 1.807) is 11.3 Å². The van der Waals surface area contributed by atoms with Gasteiger partial charge in [-0.2, -0.15) is 0 Å². The van der Waals surface area contributed by atoms with Crippen molar-refractivity contribution in [1.29, 1.82) is 0 Å². The van der Waals surface area contributed by atoms with Crippen molar-refractivity contribution in [3.05, 3.63) is 54.1 Å². The van der Waals surface area contributed by atoms with Crippen molar-refractivity contribution < 1.29 is 9.53 Å². The average Bonchev–Trinajstić information content (AvgIpc) is 3.20. The number of amides is 1. The number of nitrogens with zero attached hydrogens (tertiary/aromatic N) is 3. The summed E-state index contributed by atoms with van der Waals surface area (Å²) in [4.78, 5) is 22.0. The molecule has 168 valence electrons. The molecule has 3 aromatic rings. The Balaban J connectivity index is 0.00000341. The quantitative estimate of drug-likeness (QED) is 0.382. The van der Waals surface area contributed by atoms with E-state index in [0.29, 0.717) is 19.6 Å². The Hall–Kier alpha value is -2.15. The molecule has 1 heterocycles. The smallest absolute Gasteiger partial charge is 0.232 e. The Labute approximate surface area is 195 Å². The molecule has 5 nitrogen and oxygen atoms in total. The van der Waals surface area contributed by atoms with Crippen molar-refractivity contribution in [2.24, 2.45) is 0 Å².